The van der Waals surface area contributed by atoms with Crippen molar-refractivity contribution in [2.24, 2.45) is 28.6 Å². The molecule has 0 bridgehead atoms. The molecule has 8 heteroatoms. The van der Waals surface area contributed by atoms with Gasteiger partial charge in [0, 0.05) is 16.7 Å². The van der Waals surface area contributed by atoms with Gasteiger partial charge in [-0.25, -0.2) is 9.59 Å². The second-order valence-corrected chi connectivity index (χ2v) is 10.1. The summed E-state index contributed by atoms with van der Waals surface area (Å²) in [6, 6.07) is -0.354. The quantitative estimate of drug-likeness (QED) is 0.495. The molecule has 0 saturated heterocycles. The van der Waals surface area contributed by atoms with Crippen LogP contribution in [0.4, 0.5) is 4.79 Å². The molecule has 0 radical (unpaired) electrons. The smallest absolute Gasteiger partial charge is 0.446 e. The lowest BCUT2D eigenvalue weighted by atomic mass is 9.46. The molecule has 0 amide bonds. The number of esters is 1. The summed E-state index contributed by atoms with van der Waals surface area (Å²) in [5, 5.41) is 11.5. The van der Waals surface area contributed by atoms with E-state index in [1.807, 2.05) is 13.0 Å². The average Bonchev–Trinajstić information content (AvgIpc) is 3.01. The molecule has 4 aliphatic rings. The summed E-state index contributed by atoms with van der Waals surface area (Å²) in [5.74, 6) is -0.676. The topological polar surface area (TPSA) is 99.1 Å². The third kappa shape index (κ3) is 3.23. The number of aliphatic hydroxyl groups excluding tert-OH is 1. The molecule has 7 nitrogen and oxygen atoms in total. The van der Waals surface area contributed by atoms with Crippen molar-refractivity contribution in [3.05, 3.63) is 23.8 Å². The van der Waals surface area contributed by atoms with Crippen LogP contribution >= 0.6 is 11.6 Å². The van der Waals surface area contributed by atoms with Gasteiger partial charge in [0.1, 0.15) is 0 Å². The molecule has 4 aliphatic carbocycles. The lowest BCUT2D eigenvalue weighted by Crippen LogP contribution is -2.62. The number of hydrogen-bond donors (Lipinski definition) is 1. The van der Waals surface area contributed by atoms with E-state index in [9.17, 15) is 19.5 Å². The van der Waals surface area contributed by atoms with E-state index in [0.717, 1.165) is 18.4 Å². The van der Waals surface area contributed by atoms with E-state index in [-0.39, 0.29) is 49.1 Å². The van der Waals surface area contributed by atoms with E-state index in [4.69, 9.17) is 25.8 Å². The first kappa shape index (κ1) is 23.3. The third-order valence-electron chi connectivity index (χ3n) is 8.65. The Balaban J connectivity index is 1.73. The van der Waals surface area contributed by atoms with Crippen LogP contribution in [-0.2, 0) is 23.8 Å². The molecular formula is C24H31ClO7. The van der Waals surface area contributed by atoms with Crippen LogP contribution in [0.1, 0.15) is 52.9 Å². The normalized spacial score (nSPS) is 42.3. The van der Waals surface area contributed by atoms with Gasteiger partial charge in [0.15, 0.2) is 11.8 Å². The Labute approximate surface area is 193 Å². The summed E-state index contributed by atoms with van der Waals surface area (Å²) >= 11 is 5.70. The number of hydrogen-bond acceptors (Lipinski definition) is 7. The van der Waals surface area contributed by atoms with Gasteiger partial charge in [-0.3, -0.25) is 4.79 Å². The molecular weight excluding hydrogens is 436 g/mol. The van der Waals surface area contributed by atoms with Gasteiger partial charge in [0.05, 0.1) is 12.7 Å². The highest BCUT2D eigenvalue weighted by Crippen LogP contribution is 2.68. The van der Waals surface area contributed by atoms with Crippen molar-refractivity contribution in [2.75, 3.05) is 12.7 Å². The first-order chi connectivity index (χ1) is 15.1. The maximum Gasteiger partial charge on any atom is 0.509 e. The number of ether oxygens (including phenoxy) is 3. The SMILES string of the molecule is CCOC(=O)O[C@@]1(C(=O)OCCl)CC[C@@H]2[C@H]3CCC4=CC(=O)C=C[C@]4(C)[C@@H]3[C@@H](O)C[C@]21C. The molecule has 32 heavy (non-hydrogen) atoms. The van der Waals surface area contributed by atoms with Crippen LogP contribution in [0.5, 0.6) is 0 Å². The van der Waals surface area contributed by atoms with Crippen molar-refractivity contribution in [3.63, 3.8) is 0 Å². The highest BCUT2D eigenvalue weighted by Gasteiger charge is 2.71. The Bertz CT molecular complexity index is 882. The van der Waals surface area contributed by atoms with Gasteiger partial charge in [-0.15, -0.1) is 0 Å². The summed E-state index contributed by atoms with van der Waals surface area (Å²) in [6.07, 6.45) is 6.31. The fourth-order valence-corrected chi connectivity index (χ4v) is 7.41. The fraction of sp³-hybridized carbons (Fsp3) is 0.708. The molecule has 176 valence electrons. The second-order valence-electron chi connectivity index (χ2n) is 9.90. The molecule has 7 atom stereocenters. The zero-order valence-corrected chi connectivity index (χ0v) is 19.5. The number of halogens is 1. The summed E-state index contributed by atoms with van der Waals surface area (Å²) < 4.78 is 15.9. The Morgan fingerprint density at radius 2 is 2.00 bits per heavy atom. The predicted molar refractivity (Wildman–Crippen MR) is 116 cm³/mol. The van der Waals surface area contributed by atoms with Crippen LogP contribution in [0.3, 0.4) is 0 Å². The number of carbonyl (C=O) groups excluding carboxylic acids is 3. The third-order valence-corrected chi connectivity index (χ3v) is 8.76. The minimum Gasteiger partial charge on any atom is -0.446 e. The molecule has 0 spiro atoms. The number of fused-ring (bicyclic) bond motifs is 5. The van der Waals surface area contributed by atoms with Gasteiger partial charge in [0.25, 0.3) is 0 Å². The van der Waals surface area contributed by atoms with Gasteiger partial charge in [-0.2, -0.15) is 0 Å². The van der Waals surface area contributed by atoms with Crippen molar-refractivity contribution in [1.29, 1.82) is 0 Å². The number of rotatable bonds is 4. The number of carbonyl (C=O) groups is 3. The summed E-state index contributed by atoms with van der Waals surface area (Å²) in [6.45, 7) is 5.77. The molecule has 0 aromatic rings. The average molecular weight is 467 g/mol. The lowest BCUT2D eigenvalue weighted by Gasteiger charge is -2.59. The van der Waals surface area contributed by atoms with E-state index < -0.39 is 34.7 Å². The Morgan fingerprint density at radius 1 is 1.25 bits per heavy atom. The van der Waals surface area contributed by atoms with Crippen molar-refractivity contribution >= 4 is 29.5 Å². The molecule has 0 aromatic carbocycles. The number of allylic oxidation sites excluding steroid dienone is 4. The van der Waals surface area contributed by atoms with Crippen LogP contribution in [-0.4, -0.2) is 47.4 Å². The van der Waals surface area contributed by atoms with Crippen molar-refractivity contribution in [1.82, 2.24) is 0 Å². The largest absolute Gasteiger partial charge is 0.509 e. The number of aliphatic hydroxyl groups is 1. The van der Waals surface area contributed by atoms with Gasteiger partial charge >= 0.3 is 12.1 Å². The summed E-state index contributed by atoms with van der Waals surface area (Å²) in [5.41, 5.74) is -1.76. The fourth-order valence-electron chi connectivity index (χ4n) is 7.31. The van der Waals surface area contributed by atoms with Crippen LogP contribution in [0.2, 0.25) is 0 Å². The molecule has 0 aliphatic heterocycles. The molecule has 0 aromatic heterocycles. The highest BCUT2D eigenvalue weighted by molar-refractivity contribution is 6.17. The maximum absolute atomic E-state index is 13.2. The van der Waals surface area contributed by atoms with Gasteiger partial charge in [0.2, 0.25) is 5.60 Å². The minimum atomic E-state index is -1.57. The zero-order chi connectivity index (χ0) is 23.3. The summed E-state index contributed by atoms with van der Waals surface area (Å²) in [7, 11) is 0. The molecule has 3 fully saturated rings. The van der Waals surface area contributed by atoms with E-state index in [0.29, 0.717) is 6.42 Å². The molecule has 3 saturated carbocycles. The Hall–Kier alpha value is -1.86. The molecule has 0 unspecified atom stereocenters. The number of alkyl halides is 1. The van der Waals surface area contributed by atoms with Gasteiger partial charge in [-0.1, -0.05) is 37.1 Å². The summed E-state index contributed by atoms with van der Waals surface area (Å²) in [4.78, 5) is 37.5. The van der Waals surface area contributed by atoms with E-state index >= 15 is 0 Å². The first-order valence-electron chi connectivity index (χ1n) is 11.3. The standard InChI is InChI=1S/C24H31ClO7/c1-4-30-21(29)32-24(20(28)31-13-25)10-8-17-16-6-5-14-11-15(26)7-9-22(14,2)19(16)18(27)12-23(17,24)3/h7,9,11,16-19,27H,4-6,8,10,12-13H2,1-3H3/t16-,17-,18+,19+,22+,23-,24-/m1/s1. The van der Waals surface area contributed by atoms with Gasteiger partial charge in [-0.05, 0) is 63.0 Å². The van der Waals surface area contributed by atoms with Crippen LogP contribution < -0.4 is 0 Å². The zero-order valence-electron chi connectivity index (χ0n) is 18.8. The van der Waals surface area contributed by atoms with Crippen molar-refractivity contribution in [3.8, 4) is 0 Å². The van der Waals surface area contributed by atoms with Gasteiger partial charge < -0.3 is 19.3 Å². The predicted octanol–water partition coefficient (Wildman–Crippen LogP) is 3.92. The van der Waals surface area contributed by atoms with Crippen LogP contribution in [0, 0.1) is 28.6 Å². The molecule has 1 N–H and O–H groups in total. The number of ketones is 1. The Kier molecular flexibility index (Phi) is 5.95. The van der Waals surface area contributed by atoms with Crippen LogP contribution in [0.25, 0.3) is 0 Å². The second kappa shape index (κ2) is 8.17. The van der Waals surface area contributed by atoms with E-state index in [2.05, 4.69) is 6.92 Å². The highest BCUT2D eigenvalue weighted by atomic mass is 35.5. The monoisotopic (exact) mass is 466 g/mol. The molecule has 4 rings (SSSR count). The minimum absolute atomic E-state index is 0.0161. The maximum atomic E-state index is 13.2. The molecule has 0 heterocycles. The van der Waals surface area contributed by atoms with Crippen molar-refractivity contribution < 1.29 is 33.7 Å². The van der Waals surface area contributed by atoms with Crippen molar-refractivity contribution in [2.45, 2.75) is 64.6 Å². The van der Waals surface area contributed by atoms with E-state index in [1.54, 1.807) is 19.1 Å². The lowest BCUT2D eigenvalue weighted by molar-refractivity contribution is -0.199. The van der Waals surface area contributed by atoms with E-state index in [1.165, 1.54) is 0 Å². The van der Waals surface area contributed by atoms with Crippen LogP contribution in [0.15, 0.2) is 23.8 Å². The Morgan fingerprint density at radius 3 is 2.69 bits per heavy atom. The first-order valence-corrected chi connectivity index (χ1v) is 11.9.